The van der Waals surface area contributed by atoms with Crippen molar-refractivity contribution in [3.63, 3.8) is 0 Å². The number of hydrazone groups is 1. The van der Waals surface area contributed by atoms with Gasteiger partial charge in [-0.25, -0.2) is 0 Å². The van der Waals surface area contributed by atoms with Crippen molar-refractivity contribution >= 4 is 6.21 Å². The molecule has 12 heavy (non-hydrogen) atoms. The SMILES string of the molecule is Cc1cccc(C=NN(C)C)n1. The number of hydrogen-bond acceptors (Lipinski definition) is 3. The van der Waals surface area contributed by atoms with Crippen LogP contribution in [0.5, 0.6) is 0 Å². The lowest BCUT2D eigenvalue weighted by Crippen LogP contribution is -2.02. The van der Waals surface area contributed by atoms with Gasteiger partial charge < -0.3 is 5.01 Å². The number of nitrogens with zero attached hydrogens (tertiary/aromatic N) is 3. The summed E-state index contributed by atoms with van der Waals surface area (Å²) in [7, 11) is 3.76. The van der Waals surface area contributed by atoms with Crippen LogP contribution in [-0.4, -0.2) is 30.3 Å². The lowest BCUT2D eigenvalue weighted by Gasteiger charge is -2.01. The van der Waals surface area contributed by atoms with Gasteiger partial charge >= 0.3 is 0 Å². The number of hydrogen-bond donors (Lipinski definition) is 0. The summed E-state index contributed by atoms with van der Waals surface area (Å²) in [6.45, 7) is 1.97. The molecule has 0 saturated carbocycles. The van der Waals surface area contributed by atoms with Crippen LogP contribution in [0.25, 0.3) is 0 Å². The molecular formula is C9H13N3. The third-order valence-corrected chi connectivity index (χ3v) is 1.33. The van der Waals surface area contributed by atoms with Crippen molar-refractivity contribution in [3.8, 4) is 0 Å². The van der Waals surface area contributed by atoms with E-state index in [-0.39, 0.29) is 0 Å². The summed E-state index contributed by atoms with van der Waals surface area (Å²) in [5.74, 6) is 0. The van der Waals surface area contributed by atoms with Gasteiger partial charge in [0.05, 0.1) is 11.9 Å². The summed E-state index contributed by atoms with van der Waals surface area (Å²) in [6.07, 6.45) is 1.74. The highest BCUT2D eigenvalue weighted by atomic mass is 15.4. The molecule has 0 bridgehead atoms. The fraction of sp³-hybridized carbons (Fsp3) is 0.333. The molecule has 1 aromatic heterocycles. The number of aromatic nitrogens is 1. The summed E-state index contributed by atoms with van der Waals surface area (Å²) in [6, 6.07) is 5.87. The summed E-state index contributed by atoms with van der Waals surface area (Å²) < 4.78 is 0. The highest BCUT2D eigenvalue weighted by molar-refractivity contribution is 5.76. The van der Waals surface area contributed by atoms with Gasteiger partial charge in [-0.3, -0.25) is 4.98 Å². The third kappa shape index (κ3) is 2.70. The first kappa shape index (κ1) is 8.71. The van der Waals surface area contributed by atoms with E-state index < -0.39 is 0 Å². The second-order valence-corrected chi connectivity index (χ2v) is 2.80. The minimum absolute atomic E-state index is 0.892. The minimum atomic E-state index is 0.892. The Morgan fingerprint density at radius 2 is 2.17 bits per heavy atom. The molecule has 0 radical (unpaired) electrons. The Labute approximate surface area is 72.7 Å². The third-order valence-electron chi connectivity index (χ3n) is 1.33. The smallest absolute Gasteiger partial charge is 0.0833 e. The number of rotatable bonds is 2. The fourth-order valence-electron chi connectivity index (χ4n) is 0.811. The van der Waals surface area contributed by atoms with Gasteiger partial charge in [0, 0.05) is 19.8 Å². The van der Waals surface area contributed by atoms with E-state index >= 15 is 0 Å². The van der Waals surface area contributed by atoms with E-state index in [2.05, 4.69) is 10.1 Å². The molecule has 3 nitrogen and oxygen atoms in total. The first-order chi connectivity index (χ1) is 5.68. The Morgan fingerprint density at radius 3 is 2.75 bits per heavy atom. The first-order valence-corrected chi connectivity index (χ1v) is 3.83. The van der Waals surface area contributed by atoms with Gasteiger partial charge in [-0.15, -0.1) is 0 Å². The Balaban J connectivity index is 2.76. The maximum absolute atomic E-state index is 4.27. The molecular weight excluding hydrogens is 150 g/mol. The van der Waals surface area contributed by atoms with E-state index in [0.29, 0.717) is 0 Å². The van der Waals surface area contributed by atoms with Crippen molar-refractivity contribution in [3.05, 3.63) is 29.6 Å². The zero-order chi connectivity index (χ0) is 8.97. The van der Waals surface area contributed by atoms with Crippen LogP contribution in [-0.2, 0) is 0 Å². The summed E-state index contributed by atoms with van der Waals surface area (Å²) in [5.41, 5.74) is 1.90. The maximum atomic E-state index is 4.27. The van der Waals surface area contributed by atoms with Crippen molar-refractivity contribution in [1.29, 1.82) is 0 Å². The topological polar surface area (TPSA) is 28.5 Å². The molecule has 0 aliphatic rings. The molecule has 0 aromatic carbocycles. The highest BCUT2D eigenvalue weighted by Gasteiger charge is 1.88. The molecule has 0 saturated heterocycles. The van der Waals surface area contributed by atoms with Crippen molar-refractivity contribution in [1.82, 2.24) is 9.99 Å². The van der Waals surface area contributed by atoms with E-state index in [1.807, 2.05) is 39.2 Å². The maximum Gasteiger partial charge on any atom is 0.0833 e. The van der Waals surface area contributed by atoms with Crippen LogP contribution in [0.3, 0.4) is 0 Å². The zero-order valence-corrected chi connectivity index (χ0v) is 7.65. The molecule has 3 heteroatoms. The Hall–Kier alpha value is -1.38. The lowest BCUT2D eigenvalue weighted by molar-refractivity contribution is 0.440. The quantitative estimate of drug-likeness (QED) is 0.485. The molecule has 64 valence electrons. The van der Waals surface area contributed by atoms with Gasteiger partial charge in [0.2, 0.25) is 0 Å². The highest BCUT2D eigenvalue weighted by Crippen LogP contribution is 1.94. The van der Waals surface area contributed by atoms with Crippen LogP contribution < -0.4 is 0 Å². The van der Waals surface area contributed by atoms with Crippen molar-refractivity contribution in [2.45, 2.75) is 6.92 Å². The largest absolute Gasteiger partial charge is 0.303 e. The standard InChI is InChI=1S/C9H13N3/c1-8-5-4-6-9(11-8)7-10-12(2)3/h4-7H,1-3H3. The molecule has 0 aliphatic heterocycles. The van der Waals surface area contributed by atoms with Crippen molar-refractivity contribution < 1.29 is 0 Å². The van der Waals surface area contributed by atoms with Crippen LogP contribution >= 0.6 is 0 Å². The minimum Gasteiger partial charge on any atom is -0.303 e. The second kappa shape index (κ2) is 3.85. The van der Waals surface area contributed by atoms with Crippen LogP contribution in [0.4, 0.5) is 0 Å². The second-order valence-electron chi connectivity index (χ2n) is 2.80. The van der Waals surface area contributed by atoms with E-state index in [0.717, 1.165) is 11.4 Å². The van der Waals surface area contributed by atoms with E-state index in [1.165, 1.54) is 0 Å². The Bertz CT molecular complexity index is 279. The summed E-state index contributed by atoms with van der Waals surface area (Å²) >= 11 is 0. The first-order valence-electron chi connectivity index (χ1n) is 3.83. The van der Waals surface area contributed by atoms with E-state index in [9.17, 15) is 0 Å². The average molecular weight is 163 g/mol. The summed E-state index contributed by atoms with van der Waals surface area (Å²) in [4.78, 5) is 4.27. The molecule has 0 fully saturated rings. The van der Waals surface area contributed by atoms with Crippen LogP contribution in [0, 0.1) is 6.92 Å². The zero-order valence-electron chi connectivity index (χ0n) is 7.65. The number of aryl methyl sites for hydroxylation is 1. The molecule has 0 N–H and O–H groups in total. The molecule has 0 atom stereocenters. The molecule has 1 aromatic rings. The van der Waals surface area contributed by atoms with Crippen LogP contribution in [0.2, 0.25) is 0 Å². The van der Waals surface area contributed by atoms with E-state index in [1.54, 1.807) is 11.2 Å². The van der Waals surface area contributed by atoms with Crippen LogP contribution in [0.1, 0.15) is 11.4 Å². The molecule has 0 amide bonds. The normalized spacial score (nSPS) is 10.6. The van der Waals surface area contributed by atoms with Gasteiger partial charge in [0.1, 0.15) is 0 Å². The molecule has 0 spiro atoms. The predicted octanol–water partition coefficient (Wildman–Crippen LogP) is 1.29. The van der Waals surface area contributed by atoms with Gasteiger partial charge in [0.15, 0.2) is 0 Å². The summed E-state index contributed by atoms with van der Waals surface area (Å²) in [5, 5.41) is 5.82. The predicted molar refractivity (Wildman–Crippen MR) is 50.3 cm³/mol. The number of pyridine rings is 1. The lowest BCUT2D eigenvalue weighted by atomic mass is 10.3. The van der Waals surface area contributed by atoms with Gasteiger partial charge in [-0.05, 0) is 19.1 Å². The van der Waals surface area contributed by atoms with Crippen LogP contribution in [0.15, 0.2) is 23.3 Å². The molecule has 1 heterocycles. The molecule has 0 unspecified atom stereocenters. The van der Waals surface area contributed by atoms with Gasteiger partial charge in [0.25, 0.3) is 0 Å². The monoisotopic (exact) mass is 163 g/mol. The van der Waals surface area contributed by atoms with E-state index in [4.69, 9.17) is 0 Å². The Kier molecular flexibility index (Phi) is 2.80. The van der Waals surface area contributed by atoms with Gasteiger partial charge in [-0.1, -0.05) is 6.07 Å². The molecule has 0 aliphatic carbocycles. The van der Waals surface area contributed by atoms with Crippen molar-refractivity contribution in [2.75, 3.05) is 14.1 Å². The fourth-order valence-corrected chi connectivity index (χ4v) is 0.811. The average Bonchev–Trinajstić information content (AvgIpc) is 2.01. The van der Waals surface area contributed by atoms with Crippen molar-refractivity contribution in [2.24, 2.45) is 5.10 Å². The molecule has 1 rings (SSSR count). The van der Waals surface area contributed by atoms with Gasteiger partial charge in [-0.2, -0.15) is 5.10 Å². The Morgan fingerprint density at radius 1 is 1.42 bits per heavy atom.